The second-order valence-electron chi connectivity index (χ2n) is 5.13. The fraction of sp³-hybridized carbons (Fsp3) is 0.615. The maximum absolute atomic E-state index is 11.8. The van der Waals surface area contributed by atoms with Crippen LogP contribution < -0.4 is 5.32 Å². The average Bonchev–Trinajstić information content (AvgIpc) is 2.64. The van der Waals surface area contributed by atoms with Crippen LogP contribution in [-0.2, 0) is 9.53 Å². The topological polar surface area (TPSA) is 38.3 Å². The van der Waals surface area contributed by atoms with Crippen LogP contribution in [0.25, 0.3) is 0 Å². The predicted molar refractivity (Wildman–Crippen MR) is 71.3 cm³/mol. The van der Waals surface area contributed by atoms with Gasteiger partial charge >= 0.3 is 0 Å². The summed E-state index contributed by atoms with van der Waals surface area (Å²) in [5.41, 5.74) is -0.357. The van der Waals surface area contributed by atoms with Gasteiger partial charge in [-0.1, -0.05) is 20.8 Å². The number of amides is 1. The minimum Gasteiger partial charge on any atom is -0.374 e. The van der Waals surface area contributed by atoms with Gasteiger partial charge in [0.15, 0.2) is 0 Å². The molecular weight excluding hydrogens is 234 g/mol. The number of nitrogens with one attached hydrogen (secondary N) is 1. The smallest absolute Gasteiger partial charge is 0.225 e. The van der Waals surface area contributed by atoms with Gasteiger partial charge in [-0.15, -0.1) is 11.3 Å². The summed E-state index contributed by atoms with van der Waals surface area (Å²) in [5.74, 6) is 0.0489. The largest absolute Gasteiger partial charge is 0.374 e. The molecular formula is C13H21NO2S. The normalized spacial score (nSPS) is 13.5. The first kappa shape index (κ1) is 14.2. The summed E-state index contributed by atoms with van der Waals surface area (Å²) in [6.07, 6.45) is -0.0556. The average molecular weight is 255 g/mol. The van der Waals surface area contributed by atoms with Gasteiger partial charge in [0.25, 0.3) is 0 Å². The molecule has 0 aliphatic rings. The lowest BCUT2D eigenvalue weighted by Gasteiger charge is -2.20. The minimum atomic E-state index is -0.357. The molecule has 0 aliphatic carbocycles. The summed E-state index contributed by atoms with van der Waals surface area (Å²) in [7, 11) is 1.67. The van der Waals surface area contributed by atoms with E-state index in [0.717, 1.165) is 4.88 Å². The van der Waals surface area contributed by atoms with E-state index in [9.17, 15) is 4.79 Å². The van der Waals surface area contributed by atoms with Crippen molar-refractivity contribution in [1.29, 1.82) is 0 Å². The molecule has 1 atom stereocenters. The lowest BCUT2D eigenvalue weighted by atomic mass is 9.96. The fourth-order valence-electron chi connectivity index (χ4n) is 1.38. The Morgan fingerprint density at radius 3 is 2.53 bits per heavy atom. The molecule has 0 aromatic carbocycles. The number of rotatable bonds is 4. The first-order valence-corrected chi connectivity index (χ1v) is 6.53. The van der Waals surface area contributed by atoms with Crippen LogP contribution in [0, 0.1) is 12.3 Å². The number of carbonyl (C=O) groups is 1. The third-order valence-electron chi connectivity index (χ3n) is 2.49. The third-order valence-corrected chi connectivity index (χ3v) is 3.58. The molecule has 0 aliphatic heterocycles. The monoisotopic (exact) mass is 255 g/mol. The third kappa shape index (κ3) is 4.13. The van der Waals surface area contributed by atoms with Crippen molar-refractivity contribution in [3.05, 3.63) is 21.9 Å². The number of methoxy groups -OCH3 is 1. The Bertz CT molecular complexity index is 379. The van der Waals surface area contributed by atoms with Gasteiger partial charge in [-0.25, -0.2) is 0 Å². The maximum atomic E-state index is 11.8. The zero-order valence-electron chi connectivity index (χ0n) is 11.2. The van der Waals surface area contributed by atoms with Gasteiger partial charge in [0.2, 0.25) is 5.91 Å². The van der Waals surface area contributed by atoms with Crippen molar-refractivity contribution in [2.45, 2.75) is 33.8 Å². The Kier molecular flexibility index (Phi) is 4.71. The molecule has 1 rings (SSSR count). The summed E-state index contributed by atoms with van der Waals surface area (Å²) in [6.45, 7) is 8.29. The highest BCUT2D eigenvalue weighted by Crippen LogP contribution is 2.24. The Hall–Kier alpha value is -0.870. The van der Waals surface area contributed by atoms with E-state index in [4.69, 9.17) is 4.74 Å². The minimum absolute atomic E-state index is 0.0489. The molecule has 1 N–H and O–H groups in total. The second-order valence-corrected chi connectivity index (χ2v) is 6.45. The van der Waals surface area contributed by atoms with Crippen LogP contribution >= 0.6 is 11.3 Å². The number of carbonyl (C=O) groups excluding carboxylic acids is 1. The van der Waals surface area contributed by atoms with Crippen LogP contribution in [0.15, 0.2) is 12.1 Å². The summed E-state index contributed by atoms with van der Waals surface area (Å²) in [6, 6.07) is 4.12. The van der Waals surface area contributed by atoms with Crippen molar-refractivity contribution >= 4 is 17.2 Å². The van der Waals surface area contributed by atoms with Crippen LogP contribution in [0.5, 0.6) is 0 Å². The molecule has 0 saturated heterocycles. The van der Waals surface area contributed by atoms with Gasteiger partial charge in [-0.3, -0.25) is 4.79 Å². The molecule has 17 heavy (non-hydrogen) atoms. The molecule has 0 unspecified atom stereocenters. The van der Waals surface area contributed by atoms with Crippen molar-refractivity contribution in [2.24, 2.45) is 5.41 Å². The summed E-state index contributed by atoms with van der Waals surface area (Å²) in [5, 5.41) is 2.92. The molecule has 1 amide bonds. The fourth-order valence-corrected chi connectivity index (χ4v) is 2.33. The Morgan fingerprint density at radius 2 is 2.12 bits per heavy atom. The first-order valence-electron chi connectivity index (χ1n) is 5.72. The second kappa shape index (κ2) is 5.65. The van der Waals surface area contributed by atoms with Crippen molar-refractivity contribution in [3.8, 4) is 0 Å². The molecule has 4 heteroatoms. The molecule has 1 heterocycles. The van der Waals surface area contributed by atoms with Crippen LogP contribution in [0.4, 0.5) is 0 Å². The zero-order chi connectivity index (χ0) is 13.1. The van der Waals surface area contributed by atoms with Crippen molar-refractivity contribution in [3.63, 3.8) is 0 Å². The highest BCUT2D eigenvalue weighted by Gasteiger charge is 2.22. The van der Waals surface area contributed by atoms with E-state index in [-0.39, 0.29) is 17.4 Å². The van der Waals surface area contributed by atoms with Gasteiger partial charge in [0, 0.05) is 28.8 Å². The number of hydrogen-bond acceptors (Lipinski definition) is 3. The summed E-state index contributed by atoms with van der Waals surface area (Å²) >= 11 is 1.70. The standard InChI is InChI=1S/C13H21NO2S/c1-9-6-7-11(17-9)10(16-5)8-14-12(15)13(2,3)4/h6-7,10H,8H2,1-5H3,(H,14,15)/t10-/m0/s1. The van der Waals surface area contributed by atoms with E-state index in [2.05, 4.69) is 24.4 Å². The molecule has 1 aromatic rings. The van der Waals surface area contributed by atoms with E-state index >= 15 is 0 Å². The van der Waals surface area contributed by atoms with Crippen molar-refractivity contribution in [1.82, 2.24) is 5.32 Å². The van der Waals surface area contributed by atoms with Gasteiger partial charge in [-0.05, 0) is 19.1 Å². The Balaban J connectivity index is 2.57. The maximum Gasteiger partial charge on any atom is 0.225 e. The van der Waals surface area contributed by atoms with E-state index in [0.29, 0.717) is 6.54 Å². The zero-order valence-corrected chi connectivity index (χ0v) is 12.0. The first-order chi connectivity index (χ1) is 7.84. The van der Waals surface area contributed by atoms with Gasteiger partial charge in [0.1, 0.15) is 6.10 Å². The quantitative estimate of drug-likeness (QED) is 0.898. The van der Waals surface area contributed by atoms with Crippen molar-refractivity contribution < 1.29 is 9.53 Å². The van der Waals surface area contributed by atoms with Crippen LogP contribution in [0.3, 0.4) is 0 Å². The number of hydrogen-bond donors (Lipinski definition) is 1. The summed E-state index contributed by atoms with van der Waals surface area (Å²) < 4.78 is 5.41. The SMILES string of the molecule is CO[C@@H](CNC(=O)C(C)(C)C)c1ccc(C)s1. The van der Waals surface area contributed by atoms with E-state index in [1.54, 1.807) is 18.4 Å². The van der Waals surface area contributed by atoms with Gasteiger partial charge in [0.05, 0.1) is 0 Å². The van der Waals surface area contributed by atoms with E-state index in [1.165, 1.54) is 4.88 Å². The van der Waals surface area contributed by atoms with Gasteiger partial charge in [-0.2, -0.15) is 0 Å². The molecule has 0 saturated carbocycles. The molecule has 0 radical (unpaired) electrons. The lowest BCUT2D eigenvalue weighted by molar-refractivity contribution is -0.129. The molecule has 0 spiro atoms. The summed E-state index contributed by atoms with van der Waals surface area (Å²) in [4.78, 5) is 14.2. The molecule has 3 nitrogen and oxygen atoms in total. The highest BCUT2D eigenvalue weighted by atomic mass is 32.1. The van der Waals surface area contributed by atoms with Crippen LogP contribution in [0.1, 0.15) is 36.6 Å². The van der Waals surface area contributed by atoms with E-state index < -0.39 is 0 Å². The molecule has 96 valence electrons. The number of aryl methyl sites for hydroxylation is 1. The Labute approximate surface area is 107 Å². The van der Waals surface area contributed by atoms with Crippen LogP contribution in [-0.4, -0.2) is 19.6 Å². The molecule has 1 aromatic heterocycles. The molecule has 0 fully saturated rings. The predicted octanol–water partition coefficient (Wildman–Crippen LogP) is 2.91. The highest BCUT2D eigenvalue weighted by molar-refractivity contribution is 7.12. The molecule has 0 bridgehead atoms. The van der Waals surface area contributed by atoms with Crippen molar-refractivity contribution in [2.75, 3.05) is 13.7 Å². The van der Waals surface area contributed by atoms with Crippen LogP contribution in [0.2, 0.25) is 0 Å². The number of ether oxygens (including phenoxy) is 1. The van der Waals surface area contributed by atoms with E-state index in [1.807, 2.05) is 20.8 Å². The Morgan fingerprint density at radius 1 is 1.47 bits per heavy atom. The lowest BCUT2D eigenvalue weighted by Crippen LogP contribution is -2.37. The van der Waals surface area contributed by atoms with Gasteiger partial charge < -0.3 is 10.1 Å². The number of thiophene rings is 1.